The summed E-state index contributed by atoms with van der Waals surface area (Å²) < 4.78 is 5.05. The predicted molar refractivity (Wildman–Crippen MR) is 50.7 cm³/mol. The van der Waals surface area contributed by atoms with Gasteiger partial charge < -0.3 is 4.52 Å². The summed E-state index contributed by atoms with van der Waals surface area (Å²) in [5.74, 6) is 2.36. The topological polar surface area (TPSA) is 67.6 Å². The Balaban J connectivity index is 2.33. The van der Waals surface area contributed by atoms with Crippen LogP contribution in [0, 0.1) is 6.92 Å². The Bertz CT molecular complexity index is 429. The Hall–Kier alpha value is -1.65. The molecule has 0 aliphatic carbocycles. The predicted octanol–water partition coefficient (Wildman–Crippen LogP) is 1.89. The molecule has 5 heteroatoms. The molecule has 0 saturated heterocycles. The highest BCUT2D eigenvalue weighted by molar-refractivity contribution is 5.45. The molecule has 0 unspecified atom stereocenters. The van der Waals surface area contributed by atoms with Gasteiger partial charge in [-0.05, 0) is 6.92 Å². The van der Waals surface area contributed by atoms with E-state index >= 15 is 0 Å². The van der Waals surface area contributed by atoms with Gasteiger partial charge in [0, 0.05) is 12.0 Å². The lowest BCUT2D eigenvalue weighted by molar-refractivity contribution is 0.424. The van der Waals surface area contributed by atoms with Crippen LogP contribution in [0.5, 0.6) is 0 Å². The van der Waals surface area contributed by atoms with Crippen LogP contribution in [-0.4, -0.2) is 20.3 Å². The molecule has 0 spiro atoms. The van der Waals surface area contributed by atoms with Crippen molar-refractivity contribution < 1.29 is 4.52 Å². The van der Waals surface area contributed by atoms with Crippen LogP contribution in [0.4, 0.5) is 0 Å². The van der Waals surface area contributed by atoms with Crippen LogP contribution in [0.25, 0.3) is 11.6 Å². The molecule has 0 aromatic carbocycles. The first-order valence-electron chi connectivity index (χ1n) is 4.53. The van der Waals surface area contributed by atoms with Crippen molar-refractivity contribution in [2.24, 2.45) is 0 Å². The van der Waals surface area contributed by atoms with E-state index in [1.807, 2.05) is 13.0 Å². The highest BCUT2D eigenvalue weighted by Crippen LogP contribution is 2.17. The molecule has 0 amide bonds. The molecule has 74 valence electrons. The summed E-state index contributed by atoms with van der Waals surface area (Å²) in [6, 6.07) is 1.81. The third-order valence-electron chi connectivity index (χ3n) is 1.90. The van der Waals surface area contributed by atoms with Gasteiger partial charge in [-0.25, -0.2) is 4.98 Å². The van der Waals surface area contributed by atoms with Crippen LogP contribution in [0.15, 0.2) is 10.6 Å². The monoisotopic (exact) mass is 192 g/mol. The maximum absolute atomic E-state index is 5.05. The second-order valence-electron chi connectivity index (χ2n) is 3.53. The van der Waals surface area contributed by atoms with Crippen molar-refractivity contribution in [3.8, 4) is 11.6 Å². The van der Waals surface area contributed by atoms with E-state index in [1.54, 1.807) is 0 Å². The summed E-state index contributed by atoms with van der Waals surface area (Å²) in [6.45, 7) is 5.97. The van der Waals surface area contributed by atoms with Gasteiger partial charge in [0.2, 0.25) is 11.6 Å². The maximum Gasteiger partial charge on any atom is 0.219 e. The van der Waals surface area contributed by atoms with Gasteiger partial charge in [0.15, 0.2) is 0 Å². The van der Waals surface area contributed by atoms with Crippen molar-refractivity contribution in [1.82, 2.24) is 20.3 Å². The highest BCUT2D eigenvalue weighted by Gasteiger charge is 2.11. The lowest BCUT2D eigenvalue weighted by Gasteiger charge is -1.94. The fourth-order valence-corrected chi connectivity index (χ4v) is 1.11. The van der Waals surface area contributed by atoms with Crippen LogP contribution in [-0.2, 0) is 0 Å². The molecule has 0 fully saturated rings. The number of rotatable bonds is 2. The molecule has 2 rings (SSSR count). The first-order valence-corrected chi connectivity index (χ1v) is 4.53. The molecule has 0 aliphatic heterocycles. The minimum Gasteiger partial charge on any atom is -0.353 e. The number of hydrogen-bond donors (Lipinski definition) is 1. The highest BCUT2D eigenvalue weighted by atomic mass is 16.5. The zero-order valence-electron chi connectivity index (χ0n) is 8.40. The summed E-state index contributed by atoms with van der Waals surface area (Å²) in [5, 5.41) is 10.7. The van der Waals surface area contributed by atoms with Crippen molar-refractivity contribution in [1.29, 1.82) is 0 Å². The molecule has 0 radical (unpaired) electrons. The normalized spacial score (nSPS) is 11.1. The standard InChI is InChI=1S/C9H12N4O/c1-5(2)8-10-9(12-11-8)7-4-6(3)13-14-7/h4-5H,1-3H3,(H,10,11,12). The zero-order chi connectivity index (χ0) is 10.1. The van der Waals surface area contributed by atoms with E-state index in [-0.39, 0.29) is 0 Å². The van der Waals surface area contributed by atoms with Crippen LogP contribution < -0.4 is 0 Å². The first kappa shape index (κ1) is 8.93. The Morgan fingerprint density at radius 2 is 2.21 bits per heavy atom. The largest absolute Gasteiger partial charge is 0.353 e. The third-order valence-corrected chi connectivity index (χ3v) is 1.90. The Morgan fingerprint density at radius 3 is 2.71 bits per heavy atom. The van der Waals surface area contributed by atoms with Crippen molar-refractivity contribution in [2.45, 2.75) is 26.7 Å². The number of aryl methyl sites for hydroxylation is 1. The van der Waals surface area contributed by atoms with E-state index in [1.165, 1.54) is 0 Å². The molecule has 14 heavy (non-hydrogen) atoms. The molecule has 0 aliphatic rings. The average molecular weight is 192 g/mol. The van der Waals surface area contributed by atoms with Gasteiger partial charge >= 0.3 is 0 Å². The number of hydrogen-bond acceptors (Lipinski definition) is 4. The van der Waals surface area contributed by atoms with Crippen LogP contribution in [0.3, 0.4) is 0 Å². The summed E-state index contributed by atoms with van der Waals surface area (Å²) in [5.41, 5.74) is 0.830. The van der Waals surface area contributed by atoms with Gasteiger partial charge in [-0.2, -0.15) is 0 Å². The van der Waals surface area contributed by atoms with Gasteiger partial charge in [-0.15, -0.1) is 5.10 Å². The Kier molecular flexibility index (Phi) is 2.07. The molecule has 0 atom stereocenters. The number of H-pyrrole nitrogens is 1. The van der Waals surface area contributed by atoms with Crippen LogP contribution >= 0.6 is 0 Å². The molecule has 0 saturated carbocycles. The van der Waals surface area contributed by atoms with Gasteiger partial charge in [-0.1, -0.05) is 19.0 Å². The number of nitrogens with zero attached hydrogens (tertiary/aromatic N) is 3. The van der Waals surface area contributed by atoms with Crippen LogP contribution in [0.1, 0.15) is 31.3 Å². The lowest BCUT2D eigenvalue weighted by Crippen LogP contribution is -1.89. The number of aromatic amines is 1. The lowest BCUT2D eigenvalue weighted by atomic mass is 10.2. The smallest absolute Gasteiger partial charge is 0.219 e. The zero-order valence-corrected chi connectivity index (χ0v) is 8.40. The van der Waals surface area contributed by atoms with E-state index in [0.717, 1.165) is 11.5 Å². The van der Waals surface area contributed by atoms with E-state index in [2.05, 4.69) is 34.2 Å². The fourth-order valence-electron chi connectivity index (χ4n) is 1.11. The van der Waals surface area contributed by atoms with Gasteiger partial charge in [0.25, 0.3) is 0 Å². The molecule has 2 heterocycles. The van der Waals surface area contributed by atoms with Crippen molar-refractivity contribution >= 4 is 0 Å². The molecule has 1 N–H and O–H groups in total. The average Bonchev–Trinajstić information content (AvgIpc) is 2.70. The third kappa shape index (κ3) is 1.53. The molecular formula is C9H12N4O. The van der Waals surface area contributed by atoms with E-state index < -0.39 is 0 Å². The van der Waals surface area contributed by atoms with E-state index in [0.29, 0.717) is 17.5 Å². The molecule has 2 aromatic heterocycles. The second kappa shape index (κ2) is 3.25. The minimum absolute atomic E-state index is 0.334. The van der Waals surface area contributed by atoms with E-state index in [9.17, 15) is 0 Å². The van der Waals surface area contributed by atoms with Crippen LogP contribution in [0.2, 0.25) is 0 Å². The number of aromatic nitrogens is 4. The summed E-state index contributed by atoms with van der Waals surface area (Å²) in [7, 11) is 0. The van der Waals surface area contributed by atoms with E-state index in [4.69, 9.17) is 4.52 Å². The summed E-state index contributed by atoms with van der Waals surface area (Å²) in [6.07, 6.45) is 0. The number of nitrogens with one attached hydrogen (secondary N) is 1. The van der Waals surface area contributed by atoms with Gasteiger partial charge in [0.1, 0.15) is 5.82 Å². The molecule has 0 bridgehead atoms. The fraction of sp³-hybridized carbons (Fsp3) is 0.444. The summed E-state index contributed by atoms with van der Waals surface area (Å²) in [4.78, 5) is 4.29. The molecular weight excluding hydrogens is 180 g/mol. The summed E-state index contributed by atoms with van der Waals surface area (Å²) >= 11 is 0. The van der Waals surface area contributed by atoms with Crippen molar-refractivity contribution in [2.75, 3.05) is 0 Å². The Labute approximate surface area is 81.5 Å². The molecule has 5 nitrogen and oxygen atoms in total. The first-order chi connectivity index (χ1) is 6.66. The maximum atomic E-state index is 5.05. The van der Waals surface area contributed by atoms with Gasteiger partial charge in [-0.3, -0.25) is 5.10 Å². The van der Waals surface area contributed by atoms with Gasteiger partial charge in [0.05, 0.1) is 5.69 Å². The second-order valence-corrected chi connectivity index (χ2v) is 3.53. The van der Waals surface area contributed by atoms with Crippen molar-refractivity contribution in [3.05, 3.63) is 17.6 Å². The minimum atomic E-state index is 0.334. The quantitative estimate of drug-likeness (QED) is 0.788. The SMILES string of the molecule is Cc1cc(-c2n[nH]c(C(C)C)n2)on1. The molecule has 2 aromatic rings. The van der Waals surface area contributed by atoms with Crippen molar-refractivity contribution in [3.63, 3.8) is 0 Å². The Morgan fingerprint density at radius 1 is 1.43 bits per heavy atom.